The average Bonchev–Trinajstić information content (AvgIpc) is 3.12. The van der Waals surface area contributed by atoms with Gasteiger partial charge in [-0.15, -0.1) is 0 Å². The number of fused-ring (bicyclic) bond motifs is 3. The number of imidazole rings is 1. The molecule has 0 saturated carbocycles. The van der Waals surface area contributed by atoms with Crippen LogP contribution in [0.25, 0.3) is 22.1 Å². The van der Waals surface area contributed by atoms with Crippen LogP contribution in [0.1, 0.15) is 5.56 Å². The third-order valence-electron chi connectivity index (χ3n) is 3.94. The lowest BCUT2D eigenvalue weighted by atomic mass is 10.2. The summed E-state index contributed by atoms with van der Waals surface area (Å²) in [6, 6.07) is 11.3. The van der Waals surface area contributed by atoms with Gasteiger partial charge in [0.05, 0.1) is 34.3 Å². The molecule has 4 aromatic rings. The molecule has 0 atom stereocenters. The molecule has 0 N–H and O–H groups in total. The van der Waals surface area contributed by atoms with Crippen molar-refractivity contribution >= 4 is 49.3 Å². The zero-order valence-electron chi connectivity index (χ0n) is 13.4. The second-order valence-electron chi connectivity index (χ2n) is 5.36. The van der Waals surface area contributed by atoms with E-state index in [0.29, 0.717) is 21.0 Å². The number of ether oxygens (including phenoxy) is 2. The number of hydrogen-bond acceptors (Lipinski definition) is 5. The van der Waals surface area contributed by atoms with Crippen LogP contribution in [-0.4, -0.2) is 23.6 Å². The van der Waals surface area contributed by atoms with E-state index in [1.807, 2.05) is 36.4 Å². The van der Waals surface area contributed by atoms with Gasteiger partial charge in [-0.05, 0) is 40.2 Å². The van der Waals surface area contributed by atoms with Crippen LogP contribution in [0.3, 0.4) is 0 Å². The molecular formula is C18H13BrN2O3S. The van der Waals surface area contributed by atoms with Crippen LogP contribution in [0, 0.1) is 0 Å². The zero-order valence-corrected chi connectivity index (χ0v) is 15.8. The van der Waals surface area contributed by atoms with Crippen LogP contribution in [-0.2, 0) is 0 Å². The van der Waals surface area contributed by atoms with E-state index in [4.69, 9.17) is 9.47 Å². The molecule has 0 saturated heterocycles. The highest BCUT2D eigenvalue weighted by Crippen LogP contribution is 2.33. The average molecular weight is 417 g/mol. The minimum atomic E-state index is -0.0808. The number of hydrogen-bond donors (Lipinski definition) is 0. The predicted octanol–water partition coefficient (Wildman–Crippen LogP) is 3.24. The molecule has 0 amide bonds. The summed E-state index contributed by atoms with van der Waals surface area (Å²) in [6.07, 6.45) is 1.82. The maximum Gasteiger partial charge on any atom is 0.274 e. The summed E-state index contributed by atoms with van der Waals surface area (Å²) < 4.78 is 13.8. The Kier molecular flexibility index (Phi) is 3.97. The maximum absolute atomic E-state index is 12.8. The number of rotatable bonds is 3. The van der Waals surface area contributed by atoms with Gasteiger partial charge in [0.25, 0.3) is 5.56 Å². The fraction of sp³-hybridized carbons (Fsp3) is 0.111. The van der Waals surface area contributed by atoms with E-state index >= 15 is 0 Å². The first-order valence-electron chi connectivity index (χ1n) is 7.45. The predicted molar refractivity (Wildman–Crippen MR) is 103 cm³/mol. The number of thiazole rings is 1. The van der Waals surface area contributed by atoms with Crippen LogP contribution < -0.4 is 19.6 Å². The van der Waals surface area contributed by atoms with Gasteiger partial charge in [-0.2, -0.15) is 0 Å². The molecule has 25 heavy (non-hydrogen) atoms. The fourth-order valence-corrected chi connectivity index (χ4v) is 4.25. The van der Waals surface area contributed by atoms with E-state index in [9.17, 15) is 4.79 Å². The van der Waals surface area contributed by atoms with E-state index < -0.39 is 0 Å². The highest BCUT2D eigenvalue weighted by Gasteiger charge is 2.12. The van der Waals surface area contributed by atoms with Crippen molar-refractivity contribution in [3.63, 3.8) is 0 Å². The molecule has 5 nitrogen and oxygen atoms in total. The number of halogens is 1. The standard InChI is InChI=1S/C18H13BrN2O3S/c1-23-14-9-15(24-2)11(19)7-10(14)8-16-17(22)21-13-6-4-3-5-12(13)20-18(21)25-16/h3-9H,1-2H3/b16-8+. The summed E-state index contributed by atoms with van der Waals surface area (Å²) in [5.74, 6) is 1.30. The molecule has 0 radical (unpaired) electrons. The quantitative estimate of drug-likeness (QED) is 0.514. The number of para-hydroxylation sites is 2. The Labute approximate surface area is 155 Å². The van der Waals surface area contributed by atoms with Crippen molar-refractivity contribution in [1.82, 2.24) is 9.38 Å². The Morgan fingerprint density at radius 3 is 2.68 bits per heavy atom. The molecule has 0 aliphatic rings. The van der Waals surface area contributed by atoms with Gasteiger partial charge >= 0.3 is 0 Å². The lowest BCUT2D eigenvalue weighted by molar-refractivity contribution is 0.392. The minimum absolute atomic E-state index is 0.0808. The van der Waals surface area contributed by atoms with E-state index in [0.717, 1.165) is 21.1 Å². The third-order valence-corrected chi connectivity index (χ3v) is 5.52. The van der Waals surface area contributed by atoms with Crippen molar-refractivity contribution in [2.24, 2.45) is 0 Å². The van der Waals surface area contributed by atoms with Gasteiger partial charge in [-0.3, -0.25) is 4.79 Å². The molecule has 0 aliphatic heterocycles. The Hall–Kier alpha value is -2.38. The second-order valence-corrected chi connectivity index (χ2v) is 7.23. The lowest BCUT2D eigenvalue weighted by Gasteiger charge is -2.09. The number of methoxy groups -OCH3 is 2. The molecule has 7 heteroatoms. The van der Waals surface area contributed by atoms with Crippen molar-refractivity contribution in [2.75, 3.05) is 14.2 Å². The molecule has 0 aliphatic carbocycles. The first-order valence-corrected chi connectivity index (χ1v) is 9.06. The molecule has 126 valence electrons. The highest BCUT2D eigenvalue weighted by molar-refractivity contribution is 9.10. The number of aromatic nitrogens is 2. The van der Waals surface area contributed by atoms with E-state index in [1.165, 1.54) is 11.3 Å². The molecular weight excluding hydrogens is 404 g/mol. The molecule has 4 rings (SSSR count). The molecule has 0 bridgehead atoms. The number of nitrogens with zero attached hydrogens (tertiary/aromatic N) is 2. The minimum Gasteiger partial charge on any atom is -0.496 e. The van der Waals surface area contributed by atoms with Gasteiger partial charge in [0.2, 0.25) is 0 Å². The summed E-state index contributed by atoms with van der Waals surface area (Å²) in [5.41, 5.74) is 2.35. The molecule has 2 heterocycles. The summed E-state index contributed by atoms with van der Waals surface area (Å²) >= 11 is 4.83. The summed E-state index contributed by atoms with van der Waals surface area (Å²) in [4.78, 5) is 18.1. The summed E-state index contributed by atoms with van der Waals surface area (Å²) in [5, 5.41) is 0. The Morgan fingerprint density at radius 1 is 1.16 bits per heavy atom. The maximum atomic E-state index is 12.8. The van der Waals surface area contributed by atoms with Gasteiger partial charge < -0.3 is 9.47 Å². The Morgan fingerprint density at radius 2 is 1.92 bits per heavy atom. The van der Waals surface area contributed by atoms with Crippen molar-refractivity contribution in [3.05, 3.63) is 61.3 Å². The molecule has 2 aromatic heterocycles. The zero-order chi connectivity index (χ0) is 17.6. The largest absolute Gasteiger partial charge is 0.496 e. The van der Waals surface area contributed by atoms with Gasteiger partial charge in [-0.25, -0.2) is 9.38 Å². The second kappa shape index (κ2) is 6.16. The molecule has 0 spiro atoms. The van der Waals surface area contributed by atoms with Gasteiger partial charge in [-0.1, -0.05) is 23.5 Å². The monoisotopic (exact) mass is 416 g/mol. The third kappa shape index (κ3) is 2.60. The topological polar surface area (TPSA) is 52.8 Å². The fourth-order valence-electron chi connectivity index (χ4n) is 2.75. The summed E-state index contributed by atoms with van der Waals surface area (Å²) in [6.45, 7) is 0. The lowest BCUT2D eigenvalue weighted by Crippen LogP contribution is -2.22. The van der Waals surface area contributed by atoms with E-state index in [1.54, 1.807) is 24.7 Å². The van der Waals surface area contributed by atoms with Crippen LogP contribution in [0.2, 0.25) is 0 Å². The first kappa shape index (κ1) is 16.1. The SMILES string of the molecule is COc1cc(OC)c(/C=c2/sc3nc4ccccc4n3c2=O)cc1Br. The van der Waals surface area contributed by atoms with E-state index in [-0.39, 0.29) is 5.56 Å². The van der Waals surface area contributed by atoms with E-state index in [2.05, 4.69) is 20.9 Å². The van der Waals surface area contributed by atoms with Crippen molar-refractivity contribution < 1.29 is 9.47 Å². The van der Waals surface area contributed by atoms with Gasteiger partial charge in [0.1, 0.15) is 11.5 Å². The molecule has 0 unspecified atom stereocenters. The van der Waals surface area contributed by atoms with Crippen LogP contribution in [0.15, 0.2) is 45.7 Å². The Balaban J connectivity index is 1.97. The molecule has 2 aromatic carbocycles. The van der Waals surface area contributed by atoms with Crippen LogP contribution in [0.5, 0.6) is 11.5 Å². The normalized spacial score (nSPS) is 12.2. The highest BCUT2D eigenvalue weighted by atomic mass is 79.9. The first-order chi connectivity index (χ1) is 12.1. The smallest absolute Gasteiger partial charge is 0.274 e. The van der Waals surface area contributed by atoms with Gasteiger partial charge in [0.15, 0.2) is 4.96 Å². The van der Waals surface area contributed by atoms with Gasteiger partial charge in [0, 0.05) is 11.6 Å². The van der Waals surface area contributed by atoms with Crippen molar-refractivity contribution in [2.45, 2.75) is 0 Å². The Bertz CT molecular complexity index is 1210. The van der Waals surface area contributed by atoms with Crippen LogP contribution >= 0.6 is 27.3 Å². The summed E-state index contributed by atoms with van der Waals surface area (Å²) in [7, 11) is 3.19. The van der Waals surface area contributed by atoms with Crippen molar-refractivity contribution in [3.8, 4) is 11.5 Å². The van der Waals surface area contributed by atoms with Crippen LogP contribution in [0.4, 0.5) is 0 Å². The molecule has 0 fully saturated rings. The number of benzene rings is 2. The van der Waals surface area contributed by atoms with Crippen molar-refractivity contribution in [1.29, 1.82) is 0 Å².